The molecule has 41 heavy (non-hydrogen) atoms. The maximum atomic E-state index is 14.2. The largest absolute Gasteiger partial charge is 0.350 e. The van der Waals surface area contributed by atoms with Crippen LogP contribution in [0.15, 0.2) is 77.7 Å². The number of rotatable bonds is 11. The summed E-state index contributed by atoms with van der Waals surface area (Å²) in [4.78, 5) is 29.0. The highest BCUT2D eigenvalue weighted by molar-refractivity contribution is 7.92. The smallest absolute Gasteiger partial charge is 0.264 e. The molecule has 0 fully saturated rings. The van der Waals surface area contributed by atoms with Gasteiger partial charge in [-0.3, -0.25) is 13.9 Å². The molecule has 7 nitrogen and oxygen atoms in total. The highest BCUT2D eigenvalue weighted by Crippen LogP contribution is 2.27. The van der Waals surface area contributed by atoms with Crippen LogP contribution in [0.25, 0.3) is 0 Å². The second kappa shape index (κ2) is 13.7. The molecule has 220 valence electrons. The number of hydrogen-bond acceptors (Lipinski definition) is 4. The molecule has 0 radical (unpaired) electrons. The average Bonchev–Trinajstić information content (AvgIpc) is 2.92. The molecule has 0 aliphatic heterocycles. The summed E-state index contributed by atoms with van der Waals surface area (Å²) in [7, 11) is -4.13. The molecule has 2 amide bonds. The summed E-state index contributed by atoms with van der Waals surface area (Å²) >= 11 is 12.6. The zero-order valence-corrected chi connectivity index (χ0v) is 26.4. The maximum Gasteiger partial charge on any atom is 0.264 e. The van der Waals surface area contributed by atoms with Gasteiger partial charge < -0.3 is 10.2 Å². The molecule has 0 saturated heterocycles. The number of anilines is 1. The summed E-state index contributed by atoms with van der Waals surface area (Å²) in [5.74, 6) is -0.894. The van der Waals surface area contributed by atoms with E-state index in [9.17, 15) is 18.0 Å². The lowest BCUT2D eigenvalue weighted by molar-refractivity contribution is -0.141. The lowest BCUT2D eigenvalue weighted by Crippen LogP contribution is -2.55. The van der Waals surface area contributed by atoms with Gasteiger partial charge in [0.2, 0.25) is 11.8 Å². The molecule has 1 atom stereocenters. The zero-order chi connectivity index (χ0) is 30.4. The minimum absolute atomic E-state index is 0.0150. The Morgan fingerprint density at radius 3 is 2.10 bits per heavy atom. The van der Waals surface area contributed by atoms with Crippen molar-refractivity contribution in [2.45, 2.75) is 70.5 Å². The number of carbonyl (C=O) groups excluding carboxylic acids is 2. The van der Waals surface area contributed by atoms with Crippen LogP contribution in [-0.2, 0) is 32.6 Å². The van der Waals surface area contributed by atoms with Gasteiger partial charge in [-0.15, -0.1) is 0 Å². The molecule has 0 aromatic heterocycles. The second-order valence-electron chi connectivity index (χ2n) is 10.8. The molecule has 3 rings (SSSR count). The highest BCUT2D eigenvalue weighted by atomic mass is 35.5. The molecule has 0 heterocycles. The van der Waals surface area contributed by atoms with Crippen molar-refractivity contribution in [3.63, 3.8) is 0 Å². The van der Waals surface area contributed by atoms with E-state index in [-0.39, 0.29) is 17.3 Å². The van der Waals surface area contributed by atoms with E-state index in [0.29, 0.717) is 27.7 Å². The summed E-state index contributed by atoms with van der Waals surface area (Å²) in [6.45, 7) is 8.84. The van der Waals surface area contributed by atoms with Gasteiger partial charge in [-0.25, -0.2) is 8.42 Å². The summed E-state index contributed by atoms with van der Waals surface area (Å²) < 4.78 is 28.9. The van der Waals surface area contributed by atoms with Crippen LogP contribution < -0.4 is 9.62 Å². The highest BCUT2D eigenvalue weighted by Gasteiger charge is 2.34. The zero-order valence-electron chi connectivity index (χ0n) is 24.0. The number of amides is 2. The van der Waals surface area contributed by atoms with Crippen LogP contribution in [0.4, 0.5) is 5.69 Å². The van der Waals surface area contributed by atoms with Gasteiger partial charge in [-0.1, -0.05) is 73.4 Å². The number of nitrogens with one attached hydrogen (secondary N) is 1. The van der Waals surface area contributed by atoms with Crippen molar-refractivity contribution >= 4 is 50.7 Å². The second-order valence-corrected chi connectivity index (χ2v) is 13.5. The SMILES string of the molecule is CCc1ccc(N(CC(=O)N(Cc2ccc(Cl)cc2Cl)[C@H](CC)C(=O)NC(C)(C)C)S(=O)(=O)c2ccccc2)cc1. The minimum atomic E-state index is -4.13. The minimum Gasteiger partial charge on any atom is -0.350 e. The van der Waals surface area contributed by atoms with E-state index in [1.54, 1.807) is 55.5 Å². The normalized spacial score (nSPS) is 12.5. The molecular weight excluding hydrogens is 581 g/mol. The van der Waals surface area contributed by atoms with Crippen molar-refractivity contribution in [1.29, 1.82) is 0 Å². The third-order valence-corrected chi connectivity index (χ3v) is 8.86. The fraction of sp³-hybridized carbons (Fsp3) is 0.355. The maximum absolute atomic E-state index is 14.2. The lowest BCUT2D eigenvalue weighted by Gasteiger charge is -2.35. The van der Waals surface area contributed by atoms with Gasteiger partial charge in [0.1, 0.15) is 12.6 Å². The molecule has 10 heteroatoms. The summed E-state index contributed by atoms with van der Waals surface area (Å²) in [6, 6.07) is 19.1. The molecule has 0 saturated carbocycles. The Bertz CT molecular complexity index is 1460. The summed E-state index contributed by atoms with van der Waals surface area (Å²) in [6.07, 6.45) is 1.08. The Hall–Kier alpha value is -3.07. The number of nitrogens with zero attached hydrogens (tertiary/aromatic N) is 2. The third kappa shape index (κ3) is 8.47. The average molecular weight is 619 g/mol. The van der Waals surface area contributed by atoms with Crippen LogP contribution in [0.3, 0.4) is 0 Å². The molecule has 0 spiro atoms. The van der Waals surface area contributed by atoms with Crippen molar-refractivity contribution in [3.05, 3.63) is 94.0 Å². The van der Waals surface area contributed by atoms with E-state index in [1.807, 2.05) is 39.8 Å². The van der Waals surface area contributed by atoms with Crippen LogP contribution in [0.5, 0.6) is 0 Å². The Morgan fingerprint density at radius 2 is 1.56 bits per heavy atom. The first-order valence-corrected chi connectivity index (χ1v) is 15.7. The van der Waals surface area contributed by atoms with Crippen LogP contribution in [0.2, 0.25) is 10.0 Å². The topological polar surface area (TPSA) is 86.8 Å². The van der Waals surface area contributed by atoms with Gasteiger partial charge in [-0.05, 0) is 81.1 Å². The van der Waals surface area contributed by atoms with Crippen LogP contribution >= 0.6 is 23.2 Å². The monoisotopic (exact) mass is 617 g/mol. The van der Waals surface area contributed by atoms with Gasteiger partial charge >= 0.3 is 0 Å². The Balaban J connectivity index is 2.09. The van der Waals surface area contributed by atoms with E-state index in [0.717, 1.165) is 16.3 Å². The number of hydrogen-bond donors (Lipinski definition) is 1. The van der Waals surface area contributed by atoms with Gasteiger partial charge in [0.05, 0.1) is 10.6 Å². The number of sulfonamides is 1. The fourth-order valence-corrected chi connectivity index (χ4v) is 6.26. The van der Waals surface area contributed by atoms with Crippen molar-refractivity contribution in [2.75, 3.05) is 10.8 Å². The van der Waals surface area contributed by atoms with E-state index < -0.39 is 34.1 Å². The predicted octanol–water partition coefficient (Wildman–Crippen LogP) is 6.47. The first kappa shape index (κ1) is 32.4. The fourth-order valence-electron chi connectivity index (χ4n) is 4.35. The van der Waals surface area contributed by atoms with Crippen LogP contribution in [0, 0.1) is 0 Å². The molecule has 0 unspecified atom stereocenters. The van der Waals surface area contributed by atoms with Gasteiger partial charge in [0, 0.05) is 22.1 Å². The molecule has 0 aliphatic carbocycles. The van der Waals surface area contributed by atoms with Crippen molar-refractivity contribution in [3.8, 4) is 0 Å². The van der Waals surface area contributed by atoms with E-state index in [2.05, 4.69) is 5.32 Å². The van der Waals surface area contributed by atoms with Crippen molar-refractivity contribution in [2.24, 2.45) is 0 Å². The van der Waals surface area contributed by atoms with Gasteiger partial charge in [0.25, 0.3) is 10.0 Å². The Labute approximate surface area is 253 Å². The molecule has 3 aromatic carbocycles. The molecule has 0 aliphatic rings. The third-order valence-electron chi connectivity index (χ3n) is 6.48. The Morgan fingerprint density at radius 1 is 0.927 bits per heavy atom. The van der Waals surface area contributed by atoms with Gasteiger partial charge in [0.15, 0.2) is 0 Å². The summed E-state index contributed by atoms with van der Waals surface area (Å²) in [5, 5.41) is 3.72. The number of carbonyl (C=O) groups is 2. The van der Waals surface area contributed by atoms with E-state index >= 15 is 0 Å². The first-order chi connectivity index (χ1) is 19.3. The van der Waals surface area contributed by atoms with E-state index in [4.69, 9.17) is 23.2 Å². The van der Waals surface area contributed by atoms with Crippen molar-refractivity contribution < 1.29 is 18.0 Å². The summed E-state index contributed by atoms with van der Waals surface area (Å²) in [5.41, 5.74) is 1.41. The van der Waals surface area contributed by atoms with Crippen molar-refractivity contribution in [1.82, 2.24) is 10.2 Å². The first-order valence-electron chi connectivity index (χ1n) is 13.5. The van der Waals surface area contributed by atoms with Crippen LogP contribution in [0.1, 0.15) is 52.2 Å². The predicted molar refractivity (Wildman–Crippen MR) is 166 cm³/mol. The van der Waals surface area contributed by atoms with E-state index in [1.165, 1.54) is 17.0 Å². The molecule has 1 N–H and O–H groups in total. The van der Waals surface area contributed by atoms with Crippen LogP contribution in [-0.4, -0.2) is 43.3 Å². The number of halogens is 2. The Kier molecular flexibility index (Phi) is 10.9. The van der Waals surface area contributed by atoms with Gasteiger partial charge in [-0.2, -0.15) is 0 Å². The lowest BCUT2D eigenvalue weighted by atomic mass is 10.1. The molecule has 3 aromatic rings. The molecule has 0 bridgehead atoms. The molecular formula is C31H37Cl2N3O4S. The standard InChI is InChI=1S/C31H37Cl2N3O4S/c1-6-22-13-17-25(18-14-22)36(41(39,40)26-11-9-8-10-12-26)21-29(37)35(20-23-15-16-24(32)19-27(23)33)28(7-2)30(38)34-31(3,4)5/h8-19,28H,6-7,20-21H2,1-5H3,(H,34,38)/t28-/m1/s1. The number of benzene rings is 3. The number of aryl methyl sites for hydroxylation is 1. The quantitative estimate of drug-likeness (QED) is 0.267.